The number of nitrogens with zero attached hydrogens (tertiary/aromatic N) is 3. The van der Waals surface area contributed by atoms with Gasteiger partial charge in [-0.2, -0.15) is 0 Å². The first-order valence-electron chi connectivity index (χ1n) is 10.7. The van der Waals surface area contributed by atoms with Crippen molar-refractivity contribution in [1.82, 2.24) is 9.88 Å². The largest absolute Gasteiger partial charge is 0.382 e. The van der Waals surface area contributed by atoms with Gasteiger partial charge in [-0.15, -0.1) is 0 Å². The van der Waals surface area contributed by atoms with Crippen LogP contribution in [0.15, 0.2) is 28.2 Å². The van der Waals surface area contributed by atoms with E-state index in [-0.39, 0.29) is 0 Å². The highest BCUT2D eigenvalue weighted by Gasteiger charge is 2.28. The molecule has 0 N–H and O–H groups in total. The summed E-state index contributed by atoms with van der Waals surface area (Å²) in [6, 6.07) is 6.77. The van der Waals surface area contributed by atoms with Crippen molar-refractivity contribution < 1.29 is 9.47 Å². The standard InChI is InChI=1S/C23H31N3O2S/c1-4-27-9-6-8-24-23-26(15-20-7-5-10-28-20)14-19-13-18-12-16(2)11-17(3)21(18)25-22(19)29-23/h11-13,20H,4-10,14-15H2,1-3H3/t20-/m1/s1. The lowest BCUT2D eigenvalue weighted by Gasteiger charge is -2.32. The Hall–Kier alpha value is -1.63. The third kappa shape index (κ3) is 4.93. The van der Waals surface area contributed by atoms with Gasteiger partial charge in [0, 0.05) is 50.4 Å². The van der Waals surface area contributed by atoms with E-state index in [2.05, 4.69) is 36.9 Å². The summed E-state index contributed by atoms with van der Waals surface area (Å²) in [5.74, 6) is 0. The molecule has 1 aromatic carbocycles. The minimum Gasteiger partial charge on any atom is -0.382 e. The number of ether oxygens (including phenoxy) is 2. The molecule has 2 aromatic rings. The van der Waals surface area contributed by atoms with Crippen molar-refractivity contribution in [1.29, 1.82) is 0 Å². The van der Waals surface area contributed by atoms with Gasteiger partial charge in [0.1, 0.15) is 5.03 Å². The highest BCUT2D eigenvalue weighted by atomic mass is 32.2. The highest BCUT2D eigenvalue weighted by molar-refractivity contribution is 8.13. The van der Waals surface area contributed by atoms with Gasteiger partial charge in [-0.05, 0) is 69.5 Å². The van der Waals surface area contributed by atoms with E-state index in [1.807, 2.05) is 6.92 Å². The Morgan fingerprint density at radius 1 is 1.31 bits per heavy atom. The lowest BCUT2D eigenvalue weighted by Crippen LogP contribution is -2.38. The monoisotopic (exact) mass is 413 g/mol. The van der Waals surface area contributed by atoms with E-state index in [1.54, 1.807) is 11.8 Å². The number of pyridine rings is 1. The van der Waals surface area contributed by atoms with Crippen LogP contribution in [0.3, 0.4) is 0 Å². The van der Waals surface area contributed by atoms with Gasteiger partial charge < -0.3 is 14.4 Å². The molecule has 0 spiro atoms. The maximum Gasteiger partial charge on any atom is 0.165 e. The molecule has 29 heavy (non-hydrogen) atoms. The average molecular weight is 414 g/mol. The second-order valence-corrected chi connectivity index (χ2v) is 8.89. The number of thioether (sulfide) groups is 1. The van der Waals surface area contributed by atoms with Crippen LogP contribution in [0, 0.1) is 13.8 Å². The van der Waals surface area contributed by atoms with E-state index in [9.17, 15) is 0 Å². The van der Waals surface area contributed by atoms with Crippen molar-refractivity contribution >= 4 is 27.8 Å². The molecule has 3 heterocycles. The van der Waals surface area contributed by atoms with Gasteiger partial charge in [0.15, 0.2) is 5.17 Å². The van der Waals surface area contributed by atoms with Crippen molar-refractivity contribution in [2.75, 3.05) is 32.9 Å². The van der Waals surface area contributed by atoms with E-state index in [0.717, 1.165) is 74.4 Å². The molecule has 0 unspecified atom stereocenters. The number of aliphatic imine (C=N–C) groups is 1. The molecule has 1 atom stereocenters. The summed E-state index contributed by atoms with van der Waals surface area (Å²) in [4.78, 5) is 12.3. The van der Waals surface area contributed by atoms with E-state index < -0.39 is 0 Å². The first-order valence-corrected chi connectivity index (χ1v) is 11.5. The fourth-order valence-corrected chi connectivity index (χ4v) is 5.09. The molecule has 156 valence electrons. The number of benzene rings is 1. The molecule has 0 bridgehead atoms. The average Bonchev–Trinajstić information content (AvgIpc) is 3.20. The van der Waals surface area contributed by atoms with E-state index >= 15 is 0 Å². The van der Waals surface area contributed by atoms with Crippen LogP contribution < -0.4 is 0 Å². The smallest absolute Gasteiger partial charge is 0.165 e. The fourth-order valence-electron chi connectivity index (χ4n) is 4.10. The van der Waals surface area contributed by atoms with Gasteiger partial charge in [0.2, 0.25) is 0 Å². The molecule has 4 rings (SSSR count). The first kappa shape index (κ1) is 20.6. The molecule has 2 aliphatic rings. The number of hydrogen-bond acceptors (Lipinski definition) is 5. The number of fused-ring (bicyclic) bond motifs is 2. The molecule has 1 saturated heterocycles. The van der Waals surface area contributed by atoms with Gasteiger partial charge in [-0.3, -0.25) is 4.99 Å². The first-order chi connectivity index (χ1) is 14.1. The summed E-state index contributed by atoms with van der Waals surface area (Å²) in [6.45, 7) is 11.3. The molecular formula is C23H31N3O2S. The quantitative estimate of drug-likeness (QED) is 0.615. The topological polar surface area (TPSA) is 47.0 Å². The normalized spacial score (nSPS) is 20.6. The lowest BCUT2D eigenvalue weighted by atomic mass is 10.1. The minimum atomic E-state index is 0.309. The second-order valence-electron chi connectivity index (χ2n) is 7.94. The third-order valence-corrected chi connectivity index (χ3v) is 6.57. The third-order valence-electron chi connectivity index (χ3n) is 5.46. The SMILES string of the molecule is CCOCCCN=C1Sc2nc3c(C)cc(C)cc3cc2CN1C[C@H]1CCCO1. The van der Waals surface area contributed by atoms with Crippen LogP contribution in [0.2, 0.25) is 0 Å². The molecule has 5 nitrogen and oxygen atoms in total. The molecule has 0 aliphatic carbocycles. The number of hydrogen-bond donors (Lipinski definition) is 0. The summed E-state index contributed by atoms with van der Waals surface area (Å²) in [7, 11) is 0. The van der Waals surface area contributed by atoms with Crippen LogP contribution in [0.4, 0.5) is 0 Å². The summed E-state index contributed by atoms with van der Waals surface area (Å²) >= 11 is 1.71. The van der Waals surface area contributed by atoms with Crippen LogP contribution in [0.25, 0.3) is 10.9 Å². The van der Waals surface area contributed by atoms with E-state index in [4.69, 9.17) is 19.5 Å². The maximum atomic E-state index is 5.91. The van der Waals surface area contributed by atoms with Crippen molar-refractivity contribution in [3.63, 3.8) is 0 Å². The van der Waals surface area contributed by atoms with Crippen LogP contribution in [-0.2, 0) is 16.0 Å². The molecule has 2 aliphatic heterocycles. The van der Waals surface area contributed by atoms with Crippen LogP contribution in [0.5, 0.6) is 0 Å². The van der Waals surface area contributed by atoms with Crippen molar-refractivity contribution in [2.45, 2.75) is 57.7 Å². The van der Waals surface area contributed by atoms with Crippen molar-refractivity contribution in [3.8, 4) is 0 Å². The summed E-state index contributed by atoms with van der Waals surface area (Å²) in [5, 5.41) is 3.40. The Morgan fingerprint density at radius 2 is 2.21 bits per heavy atom. The Labute approximate surface area is 177 Å². The number of aromatic nitrogens is 1. The molecule has 0 amide bonds. The summed E-state index contributed by atoms with van der Waals surface area (Å²) in [6.07, 6.45) is 3.55. The van der Waals surface area contributed by atoms with E-state index in [1.165, 1.54) is 22.1 Å². The Morgan fingerprint density at radius 3 is 3.00 bits per heavy atom. The van der Waals surface area contributed by atoms with Crippen LogP contribution in [0.1, 0.15) is 42.9 Å². The van der Waals surface area contributed by atoms with Gasteiger partial charge in [0.05, 0.1) is 11.6 Å². The van der Waals surface area contributed by atoms with Gasteiger partial charge in [-0.25, -0.2) is 4.98 Å². The van der Waals surface area contributed by atoms with Gasteiger partial charge in [0.25, 0.3) is 0 Å². The lowest BCUT2D eigenvalue weighted by molar-refractivity contribution is 0.0902. The predicted molar refractivity (Wildman–Crippen MR) is 120 cm³/mol. The molecular weight excluding hydrogens is 382 g/mol. The van der Waals surface area contributed by atoms with Crippen LogP contribution in [-0.4, -0.2) is 54.1 Å². The Bertz CT molecular complexity index is 893. The number of aryl methyl sites for hydroxylation is 2. The van der Waals surface area contributed by atoms with Gasteiger partial charge in [-0.1, -0.05) is 11.6 Å². The van der Waals surface area contributed by atoms with Crippen LogP contribution >= 0.6 is 11.8 Å². The summed E-state index contributed by atoms with van der Waals surface area (Å²) < 4.78 is 11.4. The Kier molecular flexibility index (Phi) is 6.73. The number of rotatable bonds is 7. The predicted octanol–water partition coefficient (Wildman–Crippen LogP) is 4.72. The molecule has 6 heteroatoms. The molecule has 1 fully saturated rings. The van der Waals surface area contributed by atoms with Crippen molar-refractivity contribution in [2.24, 2.45) is 4.99 Å². The fraction of sp³-hybridized carbons (Fsp3) is 0.565. The zero-order valence-corrected chi connectivity index (χ0v) is 18.6. The molecule has 0 radical (unpaired) electrons. The number of amidine groups is 1. The zero-order valence-electron chi connectivity index (χ0n) is 17.7. The van der Waals surface area contributed by atoms with E-state index in [0.29, 0.717) is 6.10 Å². The maximum absolute atomic E-state index is 5.91. The minimum absolute atomic E-state index is 0.309. The van der Waals surface area contributed by atoms with Crippen molar-refractivity contribution in [3.05, 3.63) is 34.9 Å². The molecule has 1 aromatic heterocycles. The second kappa shape index (κ2) is 9.45. The molecule has 0 saturated carbocycles. The summed E-state index contributed by atoms with van der Waals surface area (Å²) in [5.41, 5.74) is 4.91. The van der Waals surface area contributed by atoms with Gasteiger partial charge >= 0.3 is 0 Å². The highest BCUT2D eigenvalue weighted by Crippen LogP contribution is 2.35. The zero-order chi connectivity index (χ0) is 20.2. The Balaban J connectivity index is 1.60.